The van der Waals surface area contributed by atoms with E-state index < -0.39 is 0 Å². The fourth-order valence-corrected chi connectivity index (χ4v) is 1.56. The number of allylic oxidation sites excluding steroid dienone is 2. The van der Waals surface area contributed by atoms with Gasteiger partial charge in [0.15, 0.2) is 0 Å². The van der Waals surface area contributed by atoms with E-state index in [1.165, 1.54) is 16.7 Å². The molecule has 1 heteroatoms. The molecule has 0 unspecified atom stereocenters. The van der Waals surface area contributed by atoms with Crippen LogP contribution in [0.1, 0.15) is 33.6 Å². The standard InChI is InChI=1S/C11H18O/c1-4-9(3)11-6-7-12-8-10(11)5-2/h5H,4,6-8H2,1-3H3. The molecule has 0 amide bonds. The summed E-state index contributed by atoms with van der Waals surface area (Å²) in [6.45, 7) is 8.23. The Balaban J connectivity index is 2.85. The minimum absolute atomic E-state index is 0.809. The Bertz CT molecular complexity index is 208. The second-order valence-electron chi connectivity index (χ2n) is 3.23. The van der Waals surface area contributed by atoms with E-state index >= 15 is 0 Å². The summed E-state index contributed by atoms with van der Waals surface area (Å²) in [5, 5.41) is 0. The lowest BCUT2D eigenvalue weighted by atomic mass is 9.95. The van der Waals surface area contributed by atoms with E-state index in [-0.39, 0.29) is 0 Å². The maximum atomic E-state index is 5.40. The summed E-state index contributed by atoms with van der Waals surface area (Å²) < 4.78 is 5.40. The molecule has 1 heterocycles. The van der Waals surface area contributed by atoms with Crippen LogP contribution < -0.4 is 0 Å². The molecule has 0 aromatic rings. The smallest absolute Gasteiger partial charge is 0.0716 e. The van der Waals surface area contributed by atoms with Gasteiger partial charge in [-0.05, 0) is 37.8 Å². The van der Waals surface area contributed by atoms with Gasteiger partial charge in [-0.15, -0.1) is 0 Å². The molecule has 0 saturated carbocycles. The van der Waals surface area contributed by atoms with Crippen molar-refractivity contribution in [2.24, 2.45) is 0 Å². The predicted molar refractivity (Wildman–Crippen MR) is 52.2 cm³/mol. The lowest BCUT2D eigenvalue weighted by Gasteiger charge is -2.20. The number of rotatable bonds is 1. The van der Waals surface area contributed by atoms with E-state index in [0.717, 1.165) is 26.1 Å². The van der Waals surface area contributed by atoms with Crippen molar-refractivity contribution in [1.82, 2.24) is 0 Å². The van der Waals surface area contributed by atoms with Crippen molar-refractivity contribution in [2.45, 2.75) is 33.6 Å². The summed E-state index contributed by atoms with van der Waals surface area (Å²) in [4.78, 5) is 0. The van der Waals surface area contributed by atoms with E-state index in [2.05, 4.69) is 26.8 Å². The molecule has 0 bridgehead atoms. The lowest BCUT2D eigenvalue weighted by molar-refractivity contribution is 0.145. The fourth-order valence-electron chi connectivity index (χ4n) is 1.56. The Hall–Kier alpha value is -0.560. The molecule has 1 aliphatic rings. The van der Waals surface area contributed by atoms with Gasteiger partial charge in [-0.2, -0.15) is 0 Å². The number of hydrogen-bond donors (Lipinski definition) is 0. The van der Waals surface area contributed by atoms with Crippen LogP contribution in [-0.2, 0) is 4.74 Å². The van der Waals surface area contributed by atoms with Gasteiger partial charge < -0.3 is 4.74 Å². The fraction of sp³-hybridized carbons (Fsp3) is 0.636. The van der Waals surface area contributed by atoms with E-state index in [1.807, 2.05) is 0 Å². The third-order valence-corrected chi connectivity index (χ3v) is 2.54. The average Bonchev–Trinajstić information content (AvgIpc) is 2.16. The van der Waals surface area contributed by atoms with Gasteiger partial charge >= 0.3 is 0 Å². The van der Waals surface area contributed by atoms with E-state index in [1.54, 1.807) is 0 Å². The molecule has 0 aromatic heterocycles. The van der Waals surface area contributed by atoms with Gasteiger partial charge in [0.05, 0.1) is 13.2 Å². The summed E-state index contributed by atoms with van der Waals surface area (Å²) >= 11 is 0. The Morgan fingerprint density at radius 1 is 1.58 bits per heavy atom. The summed E-state index contributed by atoms with van der Waals surface area (Å²) in [6, 6.07) is 0. The topological polar surface area (TPSA) is 9.23 Å². The second-order valence-corrected chi connectivity index (χ2v) is 3.23. The maximum Gasteiger partial charge on any atom is 0.0716 e. The molecule has 1 aliphatic heterocycles. The zero-order valence-electron chi connectivity index (χ0n) is 8.31. The predicted octanol–water partition coefficient (Wildman–Crippen LogP) is 3.08. The molecule has 1 rings (SSSR count). The van der Waals surface area contributed by atoms with Crippen LogP contribution in [0.4, 0.5) is 0 Å². The van der Waals surface area contributed by atoms with Crippen molar-refractivity contribution in [1.29, 1.82) is 0 Å². The molecule has 1 saturated heterocycles. The third-order valence-electron chi connectivity index (χ3n) is 2.54. The Kier molecular flexibility index (Phi) is 3.54. The highest BCUT2D eigenvalue weighted by molar-refractivity contribution is 5.36. The normalized spacial score (nSPS) is 26.1. The SMILES string of the molecule is CC=C1COCCC1=C(C)CC. The third kappa shape index (κ3) is 1.98. The van der Waals surface area contributed by atoms with Crippen molar-refractivity contribution in [3.8, 4) is 0 Å². The van der Waals surface area contributed by atoms with E-state index in [9.17, 15) is 0 Å². The van der Waals surface area contributed by atoms with Crippen molar-refractivity contribution >= 4 is 0 Å². The highest BCUT2D eigenvalue weighted by atomic mass is 16.5. The molecule has 12 heavy (non-hydrogen) atoms. The first-order valence-corrected chi connectivity index (χ1v) is 4.71. The largest absolute Gasteiger partial charge is 0.376 e. The molecule has 1 nitrogen and oxygen atoms in total. The van der Waals surface area contributed by atoms with Crippen LogP contribution in [0.5, 0.6) is 0 Å². The van der Waals surface area contributed by atoms with Gasteiger partial charge in [0.1, 0.15) is 0 Å². The van der Waals surface area contributed by atoms with Gasteiger partial charge in [0.2, 0.25) is 0 Å². The van der Waals surface area contributed by atoms with Gasteiger partial charge in [-0.25, -0.2) is 0 Å². The Morgan fingerprint density at radius 2 is 2.33 bits per heavy atom. The molecule has 0 radical (unpaired) electrons. The monoisotopic (exact) mass is 166 g/mol. The van der Waals surface area contributed by atoms with Crippen LogP contribution in [0, 0.1) is 0 Å². The van der Waals surface area contributed by atoms with Gasteiger partial charge in [-0.1, -0.05) is 18.6 Å². The van der Waals surface area contributed by atoms with Crippen molar-refractivity contribution in [2.75, 3.05) is 13.2 Å². The number of ether oxygens (including phenoxy) is 1. The van der Waals surface area contributed by atoms with E-state index in [0.29, 0.717) is 0 Å². The summed E-state index contributed by atoms with van der Waals surface area (Å²) in [7, 11) is 0. The Labute approximate surface area is 75.1 Å². The highest BCUT2D eigenvalue weighted by Gasteiger charge is 2.12. The van der Waals surface area contributed by atoms with Crippen LogP contribution in [0.2, 0.25) is 0 Å². The van der Waals surface area contributed by atoms with Crippen molar-refractivity contribution in [3.05, 3.63) is 22.8 Å². The molecule has 68 valence electrons. The maximum absolute atomic E-state index is 5.40. The zero-order valence-corrected chi connectivity index (χ0v) is 8.31. The molecule has 0 N–H and O–H groups in total. The van der Waals surface area contributed by atoms with Crippen LogP contribution in [0.3, 0.4) is 0 Å². The molecule has 0 spiro atoms. The Morgan fingerprint density at radius 3 is 2.92 bits per heavy atom. The first kappa shape index (κ1) is 9.53. The van der Waals surface area contributed by atoms with Crippen LogP contribution in [-0.4, -0.2) is 13.2 Å². The van der Waals surface area contributed by atoms with Crippen molar-refractivity contribution < 1.29 is 4.74 Å². The van der Waals surface area contributed by atoms with Crippen LogP contribution in [0.15, 0.2) is 22.8 Å². The molecule has 1 fully saturated rings. The lowest BCUT2D eigenvalue weighted by Crippen LogP contribution is -2.12. The zero-order chi connectivity index (χ0) is 8.97. The van der Waals surface area contributed by atoms with Crippen molar-refractivity contribution in [3.63, 3.8) is 0 Å². The van der Waals surface area contributed by atoms with Crippen LogP contribution in [0.25, 0.3) is 0 Å². The first-order valence-electron chi connectivity index (χ1n) is 4.71. The van der Waals surface area contributed by atoms with Crippen LogP contribution >= 0.6 is 0 Å². The quantitative estimate of drug-likeness (QED) is 0.581. The number of hydrogen-bond acceptors (Lipinski definition) is 1. The minimum Gasteiger partial charge on any atom is -0.376 e. The van der Waals surface area contributed by atoms with Gasteiger partial charge in [0.25, 0.3) is 0 Å². The summed E-state index contributed by atoms with van der Waals surface area (Å²) in [5.41, 5.74) is 4.44. The molecular weight excluding hydrogens is 148 g/mol. The van der Waals surface area contributed by atoms with E-state index in [4.69, 9.17) is 4.74 Å². The van der Waals surface area contributed by atoms with Gasteiger partial charge in [0, 0.05) is 0 Å². The first-order chi connectivity index (χ1) is 5.79. The summed E-state index contributed by atoms with van der Waals surface area (Å²) in [5.74, 6) is 0. The molecule has 0 aromatic carbocycles. The highest BCUT2D eigenvalue weighted by Crippen LogP contribution is 2.24. The molecular formula is C11H18O. The second kappa shape index (κ2) is 4.46. The van der Waals surface area contributed by atoms with Gasteiger partial charge in [-0.3, -0.25) is 0 Å². The average molecular weight is 166 g/mol. The molecule has 0 aliphatic carbocycles. The molecule has 0 atom stereocenters. The minimum atomic E-state index is 0.809. The summed E-state index contributed by atoms with van der Waals surface area (Å²) in [6.07, 6.45) is 4.43.